The predicted octanol–water partition coefficient (Wildman–Crippen LogP) is 1.18. The Bertz CT molecular complexity index is 609. The molecule has 0 aliphatic rings. The maximum absolute atomic E-state index is 11.9. The minimum absolute atomic E-state index is 0.0534. The number of aromatic nitrogens is 3. The smallest absolute Gasteiger partial charge is 0.267 e. The normalized spacial score (nSPS) is 10.5. The van der Waals surface area contributed by atoms with Crippen molar-refractivity contribution < 1.29 is 0 Å². The van der Waals surface area contributed by atoms with Crippen molar-refractivity contribution in [2.45, 2.75) is 13.5 Å². The molecule has 0 fully saturated rings. The molecule has 0 radical (unpaired) electrons. The van der Waals surface area contributed by atoms with Gasteiger partial charge in [-0.3, -0.25) is 9.36 Å². The molecule has 0 aliphatic carbocycles. The first-order valence-corrected chi connectivity index (χ1v) is 6.09. The lowest BCUT2D eigenvalue weighted by atomic mass is 10.3. The number of hydrogen-bond acceptors (Lipinski definition) is 4. The highest BCUT2D eigenvalue weighted by molar-refractivity contribution is 14.1. The number of nitrogen functional groups attached to an aromatic ring is 1. The topological polar surface area (TPSA) is 73.8 Å². The maximum atomic E-state index is 11.9. The zero-order valence-electron chi connectivity index (χ0n) is 9.22. The largest absolute Gasteiger partial charge is 0.384 e. The van der Waals surface area contributed by atoms with Crippen molar-refractivity contribution in [2.24, 2.45) is 0 Å². The molecule has 0 spiro atoms. The minimum atomic E-state index is -0.0534. The second-order valence-corrected chi connectivity index (χ2v) is 4.76. The van der Waals surface area contributed by atoms with Crippen LogP contribution in [0, 0.1) is 10.5 Å². The van der Waals surface area contributed by atoms with Gasteiger partial charge in [-0.05, 0) is 41.6 Å². The fraction of sp³-hybridized carbons (Fsp3) is 0.182. The van der Waals surface area contributed by atoms with Gasteiger partial charge >= 0.3 is 0 Å². The van der Waals surface area contributed by atoms with E-state index >= 15 is 0 Å². The van der Waals surface area contributed by atoms with Gasteiger partial charge in [0.2, 0.25) is 0 Å². The average molecular weight is 342 g/mol. The Morgan fingerprint density at radius 3 is 2.94 bits per heavy atom. The lowest BCUT2D eigenvalue weighted by molar-refractivity contribution is 0.682. The van der Waals surface area contributed by atoms with E-state index in [0.717, 1.165) is 5.69 Å². The van der Waals surface area contributed by atoms with E-state index in [1.165, 1.54) is 0 Å². The molecule has 6 heteroatoms. The molecule has 5 nitrogen and oxygen atoms in total. The van der Waals surface area contributed by atoms with Gasteiger partial charge in [-0.2, -0.15) is 0 Å². The van der Waals surface area contributed by atoms with E-state index in [4.69, 9.17) is 5.73 Å². The van der Waals surface area contributed by atoms with Crippen molar-refractivity contribution in [2.75, 3.05) is 5.73 Å². The Labute approximate surface area is 112 Å². The Kier molecular flexibility index (Phi) is 3.41. The van der Waals surface area contributed by atoms with Crippen LogP contribution in [0.5, 0.6) is 0 Å². The Hall–Kier alpha value is -1.44. The molecular formula is C11H11IN4O. The third-order valence-electron chi connectivity index (χ3n) is 2.35. The fourth-order valence-electron chi connectivity index (χ4n) is 1.49. The summed E-state index contributed by atoms with van der Waals surface area (Å²) in [6, 6.07) is 5.37. The zero-order valence-corrected chi connectivity index (χ0v) is 11.4. The van der Waals surface area contributed by atoms with Crippen LogP contribution >= 0.6 is 22.6 Å². The summed E-state index contributed by atoms with van der Waals surface area (Å²) in [5, 5.41) is 0. The second-order valence-electron chi connectivity index (χ2n) is 3.60. The molecule has 0 saturated carbocycles. The van der Waals surface area contributed by atoms with Gasteiger partial charge in [-0.25, -0.2) is 9.97 Å². The van der Waals surface area contributed by atoms with Crippen molar-refractivity contribution in [3.05, 3.63) is 49.8 Å². The monoisotopic (exact) mass is 342 g/mol. The SMILES string of the molecule is Cc1ncc(I)c(=O)n1Cc1cccc(N)n1. The summed E-state index contributed by atoms with van der Waals surface area (Å²) < 4.78 is 2.18. The number of rotatable bonds is 2. The van der Waals surface area contributed by atoms with E-state index in [0.29, 0.717) is 21.8 Å². The molecule has 0 aromatic carbocycles. The van der Waals surface area contributed by atoms with Crippen LogP contribution in [0.15, 0.2) is 29.2 Å². The molecule has 17 heavy (non-hydrogen) atoms. The summed E-state index contributed by atoms with van der Waals surface area (Å²) in [5.41, 5.74) is 6.30. The standard InChI is InChI=1S/C11H11IN4O/c1-7-14-5-9(12)11(17)16(7)6-8-3-2-4-10(13)15-8/h2-5H,6H2,1H3,(H2,13,15). The second kappa shape index (κ2) is 4.82. The summed E-state index contributed by atoms with van der Waals surface area (Å²) in [4.78, 5) is 20.3. The average Bonchev–Trinajstić information content (AvgIpc) is 2.30. The number of halogens is 1. The number of aryl methyl sites for hydroxylation is 1. The number of anilines is 1. The van der Waals surface area contributed by atoms with Crippen molar-refractivity contribution in [3.63, 3.8) is 0 Å². The van der Waals surface area contributed by atoms with E-state index in [1.807, 2.05) is 34.7 Å². The Balaban J connectivity index is 2.43. The summed E-state index contributed by atoms with van der Waals surface area (Å²) in [7, 11) is 0. The lowest BCUT2D eigenvalue weighted by Gasteiger charge is -2.09. The molecule has 2 rings (SSSR count). The van der Waals surface area contributed by atoms with E-state index in [1.54, 1.807) is 23.8 Å². The van der Waals surface area contributed by atoms with Crippen LogP contribution in [0.1, 0.15) is 11.5 Å². The zero-order chi connectivity index (χ0) is 12.4. The molecule has 2 N–H and O–H groups in total. The van der Waals surface area contributed by atoms with Gasteiger partial charge in [-0.1, -0.05) is 6.07 Å². The van der Waals surface area contributed by atoms with Crippen LogP contribution in [0.2, 0.25) is 0 Å². The third kappa shape index (κ3) is 2.63. The van der Waals surface area contributed by atoms with Crippen LogP contribution < -0.4 is 11.3 Å². The molecule has 0 atom stereocenters. The van der Waals surface area contributed by atoms with Gasteiger partial charge in [0.15, 0.2) is 0 Å². The molecule has 2 heterocycles. The van der Waals surface area contributed by atoms with Gasteiger partial charge < -0.3 is 5.73 Å². The van der Waals surface area contributed by atoms with Crippen LogP contribution in [-0.4, -0.2) is 14.5 Å². The molecule has 0 aliphatic heterocycles. The van der Waals surface area contributed by atoms with E-state index in [2.05, 4.69) is 9.97 Å². The van der Waals surface area contributed by atoms with Gasteiger partial charge in [0, 0.05) is 6.20 Å². The predicted molar refractivity (Wildman–Crippen MR) is 73.7 cm³/mol. The van der Waals surface area contributed by atoms with Gasteiger partial charge in [0.05, 0.1) is 15.8 Å². The van der Waals surface area contributed by atoms with E-state index < -0.39 is 0 Å². The Morgan fingerprint density at radius 2 is 2.24 bits per heavy atom. The first kappa shape index (κ1) is 12.0. The summed E-state index contributed by atoms with van der Waals surface area (Å²) in [5.74, 6) is 1.12. The fourth-order valence-corrected chi connectivity index (χ4v) is 1.92. The first-order valence-electron chi connectivity index (χ1n) is 5.01. The molecule has 2 aromatic rings. The van der Waals surface area contributed by atoms with E-state index in [9.17, 15) is 4.79 Å². The highest BCUT2D eigenvalue weighted by Crippen LogP contribution is 2.04. The quantitative estimate of drug-likeness (QED) is 0.832. The molecule has 0 unspecified atom stereocenters. The molecule has 2 aromatic heterocycles. The van der Waals surface area contributed by atoms with Crippen molar-refractivity contribution >= 4 is 28.4 Å². The number of nitrogens with two attached hydrogens (primary N) is 1. The van der Waals surface area contributed by atoms with Crippen LogP contribution in [0.4, 0.5) is 5.82 Å². The molecule has 0 bridgehead atoms. The molecule has 88 valence electrons. The lowest BCUT2D eigenvalue weighted by Crippen LogP contribution is -2.26. The summed E-state index contributed by atoms with van der Waals surface area (Å²) in [6.07, 6.45) is 1.57. The summed E-state index contributed by atoms with van der Waals surface area (Å²) >= 11 is 1.98. The van der Waals surface area contributed by atoms with Crippen molar-refractivity contribution in [3.8, 4) is 0 Å². The van der Waals surface area contributed by atoms with Crippen LogP contribution in [0.25, 0.3) is 0 Å². The van der Waals surface area contributed by atoms with E-state index in [-0.39, 0.29) is 5.56 Å². The third-order valence-corrected chi connectivity index (χ3v) is 3.09. The number of nitrogens with zero attached hydrogens (tertiary/aromatic N) is 3. The highest BCUT2D eigenvalue weighted by atomic mass is 127. The van der Waals surface area contributed by atoms with Gasteiger partial charge in [-0.15, -0.1) is 0 Å². The molecular weight excluding hydrogens is 331 g/mol. The van der Waals surface area contributed by atoms with Gasteiger partial charge in [0.25, 0.3) is 5.56 Å². The van der Waals surface area contributed by atoms with Crippen LogP contribution in [0.3, 0.4) is 0 Å². The summed E-state index contributed by atoms with van der Waals surface area (Å²) in [6.45, 7) is 2.18. The molecule has 0 amide bonds. The maximum Gasteiger partial charge on any atom is 0.267 e. The molecule has 0 saturated heterocycles. The number of hydrogen-bond donors (Lipinski definition) is 1. The van der Waals surface area contributed by atoms with Crippen molar-refractivity contribution in [1.29, 1.82) is 0 Å². The van der Waals surface area contributed by atoms with Crippen molar-refractivity contribution in [1.82, 2.24) is 14.5 Å². The van der Waals surface area contributed by atoms with Crippen LogP contribution in [-0.2, 0) is 6.54 Å². The van der Waals surface area contributed by atoms with Gasteiger partial charge in [0.1, 0.15) is 11.6 Å². The highest BCUT2D eigenvalue weighted by Gasteiger charge is 2.06. The number of pyridine rings is 1. The Morgan fingerprint density at radius 1 is 1.47 bits per heavy atom. The minimum Gasteiger partial charge on any atom is -0.384 e. The first-order chi connectivity index (χ1) is 8.08.